The Morgan fingerprint density at radius 1 is 1.30 bits per heavy atom. The molecule has 3 aromatic rings. The van der Waals surface area contributed by atoms with Crippen molar-refractivity contribution in [2.75, 3.05) is 11.5 Å². The van der Waals surface area contributed by atoms with Crippen LogP contribution in [0.15, 0.2) is 45.8 Å². The van der Waals surface area contributed by atoms with Crippen LogP contribution in [0, 0.1) is 0 Å². The largest absolute Gasteiger partial charge is 0.383 e. The highest BCUT2D eigenvalue weighted by molar-refractivity contribution is 7.99. The second-order valence-corrected chi connectivity index (χ2v) is 6.07. The first-order valence-electron chi connectivity index (χ1n) is 6.03. The smallest absolute Gasteiger partial charge is 0.250 e. The molecule has 0 fully saturated rings. The first kappa shape index (κ1) is 13.1. The first-order valence-corrected chi connectivity index (χ1v) is 7.89. The molecule has 0 saturated heterocycles. The SMILES string of the molecule is Nc1nc(SCCn2ccccc2=O)nc2sccc12. The number of aryl methyl sites for hydroxylation is 1. The molecule has 0 unspecified atom stereocenters. The van der Waals surface area contributed by atoms with E-state index in [0.717, 1.165) is 16.0 Å². The summed E-state index contributed by atoms with van der Waals surface area (Å²) in [6, 6.07) is 7.06. The second-order valence-electron chi connectivity index (χ2n) is 4.11. The van der Waals surface area contributed by atoms with E-state index in [0.29, 0.717) is 17.5 Å². The highest BCUT2D eigenvalue weighted by Crippen LogP contribution is 2.26. The van der Waals surface area contributed by atoms with Crippen molar-refractivity contribution in [3.8, 4) is 0 Å². The van der Waals surface area contributed by atoms with Crippen molar-refractivity contribution in [2.24, 2.45) is 0 Å². The quantitative estimate of drug-likeness (QED) is 0.591. The number of thiophene rings is 1. The second kappa shape index (κ2) is 5.64. The zero-order valence-corrected chi connectivity index (χ0v) is 12.2. The number of aromatic nitrogens is 3. The Bertz CT molecular complexity index is 796. The fourth-order valence-corrected chi connectivity index (χ4v) is 3.42. The molecule has 0 aliphatic heterocycles. The number of rotatable bonds is 4. The summed E-state index contributed by atoms with van der Waals surface area (Å²) in [4.78, 5) is 21.2. The van der Waals surface area contributed by atoms with E-state index in [1.165, 1.54) is 11.8 Å². The number of thioether (sulfide) groups is 1. The average Bonchev–Trinajstić information content (AvgIpc) is 2.90. The van der Waals surface area contributed by atoms with Gasteiger partial charge in [0.1, 0.15) is 10.6 Å². The number of nitrogens with zero attached hydrogens (tertiary/aromatic N) is 3. The monoisotopic (exact) mass is 304 g/mol. The Labute approximate surface area is 123 Å². The van der Waals surface area contributed by atoms with E-state index < -0.39 is 0 Å². The van der Waals surface area contributed by atoms with Gasteiger partial charge in [0.05, 0.1) is 5.39 Å². The Balaban J connectivity index is 1.71. The summed E-state index contributed by atoms with van der Waals surface area (Å²) in [6.07, 6.45) is 1.78. The van der Waals surface area contributed by atoms with Crippen molar-refractivity contribution in [3.63, 3.8) is 0 Å². The Morgan fingerprint density at radius 2 is 2.20 bits per heavy atom. The van der Waals surface area contributed by atoms with Gasteiger partial charge < -0.3 is 10.3 Å². The third-order valence-electron chi connectivity index (χ3n) is 2.80. The first-order chi connectivity index (χ1) is 9.74. The van der Waals surface area contributed by atoms with Crippen molar-refractivity contribution in [3.05, 3.63) is 46.2 Å². The number of pyridine rings is 1. The van der Waals surface area contributed by atoms with Crippen molar-refractivity contribution >= 4 is 39.1 Å². The normalized spacial score (nSPS) is 11.0. The maximum absolute atomic E-state index is 11.6. The van der Waals surface area contributed by atoms with Gasteiger partial charge in [0.2, 0.25) is 0 Å². The third-order valence-corrected chi connectivity index (χ3v) is 4.43. The molecule has 0 atom stereocenters. The van der Waals surface area contributed by atoms with Gasteiger partial charge in [0, 0.05) is 24.6 Å². The minimum absolute atomic E-state index is 0.00208. The van der Waals surface area contributed by atoms with Gasteiger partial charge in [-0.25, -0.2) is 9.97 Å². The number of anilines is 1. The molecule has 3 aromatic heterocycles. The molecule has 7 heteroatoms. The maximum Gasteiger partial charge on any atom is 0.250 e. The van der Waals surface area contributed by atoms with Gasteiger partial charge in [-0.15, -0.1) is 11.3 Å². The van der Waals surface area contributed by atoms with Crippen LogP contribution < -0.4 is 11.3 Å². The van der Waals surface area contributed by atoms with Crippen LogP contribution in [0.3, 0.4) is 0 Å². The molecule has 0 spiro atoms. The van der Waals surface area contributed by atoms with Crippen LogP contribution >= 0.6 is 23.1 Å². The minimum atomic E-state index is 0.00208. The lowest BCUT2D eigenvalue weighted by Gasteiger charge is -2.04. The summed E-state index contributed by atoms with van der Waals surface area (Å²) >= 11 is 3.05. The topological polar surface area (TPSA) is 73.8 Å². The van der Waals surface area contributed by atoms with Crippen LogP contribution in [-0.2, 0) is 6.54 Å². The summed E-state index contributed by atoms with van der Waals surface area (Å²) < 4.78 is 1.67. The minimum Gasteiger partial charge on any atom is -0.383 e. The molecular formula is C13H12N4OS2. The van der Waals surface area contributed by atoms with E-state index in [-0.39, 0.29) is 5.56 Å². The average molecular weight is 304 g/mol. The van der Waals surface area contributed by atoms with Crippen LogP contribution in [0.5, 0.6) is 0 Å². The summed E-state index contributed by atoms with van der Waals surface area (Å²) in [5.74, 6) is 1.23. The van der Waals surface area contributed by atoms with Crippen LogP contribution in [0.4, 0.5) is 5.82 Å². The predicted octanol–water partition coefficient (Wildman–Crippen LogP) is 2.23. The molecule has 0 aromatic carbocycles. The molecule has 102 valence electrons. The van der Waals surface area contributed by atoms with Crippen LogP contribution in [0.1, 0.15) is 0 Å². The molecule has 0 aliphatic carbocycles. The molecule has 3 rings (SSSR count). The number of nitrogens with two attached hydrogens (primary N) is 1. The zero-order valence-electron chi connectivity index (χ0n) is 10.5. The lowest BCUT2D eigenvalue weighted by Crippen LogP contribution is -2.18. The standard InChI is InChI=1S/C13H12N4OS2/c14-11-9-4-7-19-12(9)16-13(15-11)20-8-6-17-5-2-1-3-10(17)18/h1-5,7H,6,8H2,(H2,14,15,16). The van der Waals surface area contributed by atoms with Gasteiger partial charge in [-0.05, 0) is 17.5 Å². The van der Waals surface area contributed by atoms with Gasteiger partial charge in [0.25, 0.3) is 5.56 Å². The fraction of sp³-hybridized carbons (Fsp3) is 0.154. The Hall–Kier alpha value is -1.86. The molecule has 0 saturated carbocycles. The van der Waals surface area contributed by atoms with E-state index >= 15 is 0 Å². The van der Waals surface area contributed by atoms with E-state index in [1.807, 2.05) is 17.5 Å². The van der Waals surface area contributed by atoms with Crippen molar-refractivity contribution in [2.45, 2.75) is 11.7 Å². The van der Waals surface area contributed by atoms with E-state index in [2.05, 4.69) is 9.97 Å². The van der Waals surface area contributed by atoms with Gasteiger partial charge >= 0.3 is 0 Å². The molecule has 0 amide bonds. The van der Waals surface area contributed by atoms with Gasteiger partial charge in [-0.3, -0.25) is 4.79 Å². The number of nitrogen functional groups attached to an aromatic ring is 1. The van der Waals surface area contributed by atoms with Gasteiger partial charge in [-0.1, -0.05) is 17.8 Å². The summed E-state index contributed by atoms with van der Waals surface area (Å²) in [7, 11) is 0. The summed E-state index contributed by atoms with van der Waals surface area (Å²) in [6.45, 7) is 0.621. The number of fused-ring (bicyclic) bond motifs is 1. The van der Waals surface area contributed by atoms with Crippen molar-refractivity contribution in [1.82, 2.24) is 14.5 Å². The van der Waals surface area contributed by atoms with Crippen molar-refractivity contribution in [1.29, 1.82) is 0 Å². The molecule has 20 heavy (non-hydrogen) atoms. The maximum atomic E-state index is 11.6. The third kappa shape index (κ3) is 2.68. The van der Waals surface area contributed by atoms with Crippen molar-refractivity contribution < 1.29 is 0 Å². The molecule has 3 heterocycles. The van der Waals surface area contributed by atoms with E-state index in [1.54, 1.807) is 34.2 Å². The fourth-order valence-electron chi connectivity index (χ4n) is 1.80. The highest BCUT2D eigenvalue weighted by Gasteiger charge is 2.06. The molecule has 0 aliphatic rings. The molecule has 5 nitrogen and oxygen atoms in total. The van der Waals surface area contributed by atoms with Crippen LogP contribution in [0.25, 0.3) is 10.2 Å². The lowest BCUT2D eigenvalue weighted by atomic mass is 10.4. The van der Waals surface area contributed by atoms with E-state index in [4.69, 9.17) is 5.73 Å². The number of hydrogen-bond donors (Lipinski definition) is 1. The predicted molar refractivity (Wildman–Crippen MR) is 83.3 cm³/mol. The van der Waals surface area contributed by atoms with E-state index in [9.17, 15) is 4.79 Å². The summed E-state index contributed by atoms with van der Waals surface area (Å²) in [5, 5.41) is 3.51. The molecule has 0 radical (unpaired) electrons. The Kier molecular flexibility index (Phi) is 3.70. The highest BCUT2D eigenvalue weighted by atomic mass is 32.2. The van der Waals surface area contributed by atoms with Gasteiger partial charge in [-0.2, -0.15) is 0 Å². The Morgan fingerprint density at radius 3 is 3.05 bits per heavy atom. The molecule has 0 bridgehead atoms. The van der Waals surface area contributed by atoms with Gasteiger partial charge in [0.15, 0.2) is 5.16 Å². The zero-order chi connectivity index (χ0) is 13.9. The summed E-state index contributed by atoms with van der Waals surface area (Å²) in [5.41, 5.74) is 5.90. The molecule has 2 N–H and O–H groups in total. The van der Waals surface area contributed by atoms with Crippen LogP contribution in [0.2, 0.25) is 0 Å². The lowest BCUT2D eigenvalue weighted by molar-refractivity contribution is 0.734. The number of hydrogen-bond acceptors (Lipinski definition) is 6. The molecular weight excluding hydrogens is 292 g/mol. The van der Waals surface area contributed by atoms with Crippen LogP contribution in [-0.4, -0.2) is 20.3 Å².